The second kappa shape index (κ2) is 7.84. The Bertz CT molecular complexity index is 510. The summed E-state index contributed by atoms with van der Waals surface area (Å²) in [6.07, 6.45) is -7.22. The van der Waals surface area contributed by atoms with E-state index in [0.717, 1.165) is 6.92 Å². The molecule has 0 aromatic carbocycles. The minimum atomic E-state index is -3.99. The van der Waals surface area contributed by atoms with Gasteiger partial charge in [-0.15, -0.1) is 0 Å². The van der Waals surface area contributed by atoms with Crippen LogP contribution in [0.3, 0.4) is 0 Å². The fourth-order valence-corrected chi connectivity index (χ4v) is 5.10. The van der Waals surface area contributed by atoms with Gasteiger partial charge in [-0.3, -0.25) is 0 Å². The highest BCUT2D eigenvalue weighted by molar-refractivity contribution is 7.95. The molecule has 0 fully saturated rings. The topological polar surface area (TPSA) is 149 Å². The summed E-state index contributed by atoms with van der Waals surface area (Å²) in [7, 11) is -7.72. The zero-order valence-corrected chi connectivity index (χ0v) is 13.9. The SMILES string of the molecule is CCS(=O)(=O)CC(C(O)C(O)C(O)C(C)O)S(=O)(=O)CC. The van der Waals surface area contributed by atoms with Crippen LogP contribution in [-0.4, -0.2) is 84.2 Å². The molecule has 10 heteroatoms. The maximum atomic E-state index is 12.0. The number of rotatable bonds is 9. The van der Waals surface area contributed by atoms with Crippen LogP contribution in [0.2, 0.25) is 0 Å². The lowest BCUT2D eigenvalue weighted by Gasteiger charge is -2.30. The van der Waals surface area contributed by atoms with E-state index in [1.165, 1.54) is 13.8 Å². The number of hydrogen-bond acceptors (Lipinski definition) is 8. The highest BCUT2D eigenvalue weighted by Gasteiger charge is 2.41. The molecule has 0 heterocycles. The molecule has 0 saturated carbocycles. The highest BCUT2D eigenvalue weighted by Crippen LogP contribution is 2.17. The Morgan fingerprint density at radius 1 is 0.810 bits per heavy atom. The van der Waals surface area contributed by atoms with Crippen molar-refractivity contribution in [3.63, 3.8) is 0 Å². The summed E-state index contributed by atoms with van der Waals surface area (Å²) in [5.41, 5.74) is 0. The second-order valence-corrected chi connectivity index (χ2v) is 9.81. The van der Waals surface area contributed by atoms with Crippen molar-refractivity contribution in [2.24, 2.45) is 0 Å². The van der Waals surface area contributed by atoms with Gasteiger partial charge in [-0.1, -0.05) is 13.8 Å². The van der Waals surface area contributed by atoms with Crippen LogP contribution in [-0.2, 0) is 19.7 Å². The smallest absolute Gasteiger partial charge is 0.156 e. The summed E-state index contributed by atoms with van der Waals surface area (Å²) in [6, 6.07) is 0. The van der Waals surface area contributed by atoms with Gasteiger partial charge in [0.2, 0.25) is 0 Å². The molecule has 0 bridgehead atoms. The van der Waals surface area contributed by atoms with Gasteiger partial charge < -0.3 is 20.4 Å². The van der Waals surface area contributed by atoms with E-state index in [-0.39, 0.29) is 5.75 Å². The van der Waals surface area contributed by atoms with E-state index in [1.54, 1.807) is 0 Å². The van der Waals surface area contributed by atoms with Crippen molar-refractivity contribution in [3.8, 4) is 0 Å². The Balaban J connectivity index is 5.52. The molecule has 8 nitrogen and oxygen atoms in total. The molecule has 0 radical (unpaired) electrons. The lowest BCUT2D eigenvalue weighted by Crippen LogP contribution is -2.53. The molecule has 0 saturated heterocycles. The average molecular weight is 348 g/mol. The van der Waals surface area contributed by atoms with E-state index >= 15 is 0 Å². The molecule has 5 atom stereocenters. The normalized spacial score (nSPS) is 20.5. The van der Waals surface area contributed by atoms with Crippen LogP contribution in [0.5, 0.6) is 0 Å². The number of hydrogen-bond donors (Lipinski definition) is 4. The van der Waals surface area contributed by atoms with E-state index in [1.807, 2.05) is 0 Å². The van der Waals surface area contributed by atoms with Crippen LogP contribution in [0.25, 0.3) is 0 Å². The number of aliphatic hydroxyl groups is 4. The molecule has 4 N–H and O–H groups in total. The first-order valence-corrected chi connectivity index (χ1v) is 10.1. The van der Waals surface area contributed by atoms with E-state index in [4.69, 9.17) is 0 Å². The van der Waals surface area contributed by atoms with Crippen LogP contribution in [0.1, 0.15) is 20.8 Å². The predicted octanol–water partition coefficient (Wildman–Crippen LogP) is -2.31. The molecule has 5 unspecified atom stereocenters. The molecule has 0 rings (SSSR count). The monoisotopic (exact) mass is 348 g/mol. The predicted molar refractivity (Wildman–Crippen MR) is 77.3 cm³/mol. The standard InChI is InChI=1S/C11H24O8S2/c1-4-20(16,17)6-8(21(18,19)5-2)10(14)11(15)9(13)7(3)12/h7-15H,4-6H2,1-3H3. The van der Waals surface area contributed by atoms with Crippen molar-refractivity contribution in [1.82, 2.24) is 0 Å². The quantitative estimate of drug-likeness (QED) is 0.363. The van der Waals surface area contributed by atoms with Gasteiger partial charge in [0.25, 0.3) is 0 Å². The van der Waals surface area contributed by atoms with Crippen molar-refractivity contribution in [1.29, 1.82) is 0 Å². The largest absolute Gasteiger partial charge is 0.391 e. The van der Waals surface area contributed by atoms with Gasteiger partial charge in [-0.25, -0.2) is 16.8 Å². The fraction of sp³-hybridized carbons (Fsp3) is 1.00. The third kappa shape index (κ3) is 5.80. The summed E-state index contributed by atoms with van der Waals surface area (Å²) in [6.45, 7) is 3.76. The molecule has 0 aliphatic rings. The van der Waals surface area contributed by atoms with E-state index in [2.05, 4.69) is 0 Å². The third-order valence-corrected chi connectivity index (χ3v) is 7.43. The molecule has 0 aliphatic heterocycles. The number of sulfone groups is 2. The summed E-state index contributed by atoms with van der Waals surface area (Å²) in [4.78, 5) is 0. The first kappa shape index (κ1) is 20.7. The Morgan fingerprint density at radius 3 is 1.62 bits per heavy atom. The van der Waals surface area contributed by atoms with Crippen LogP contribution < -0.4 is 0 Å². The van der Waals surface area contributed by atoms with Gasteiger partial charge in [0.15, 0.2) is 19.7 Å². The minimum Gasteiger partial charge on any atom is -0.391 e. The first-order valence-electron chi connectivity index (χ1n) is 6.53. The Labute approximate surface area is 125 Å². The lowest BCUT2D eigenvalue weighted by molar-refractivity contribution is -0.0990. The van der Waals surface area contributed by atoms with Crippen LogP contribution in [0.15, 0.2) is 0 Å². The maximum Gasteiger partial charge on any atom is 0.156 e. The van der Waals surface area contributed by atoms with Crippen molar-refractivity contribution >= 4 is 19.7 Å². The molecular formula is C11H24O8S2. The fourth-order valence-electron chi connectivity index (χ4n) is 1.70. The van der Waals surface area contributed by atoms with Gasteiger partial charge >= 0.3 is 0 Å². The Hall–Kier alpha value is -0.260. The lowest BCUT2D eigenvalue weighted by atomic mass is 10.0. The third-order valence-electron chi connectivity index (χ3n) is 3.30. The van der Waals surface area contributed by atoms with Crippen LogP contribution >= 0.6 is 0 Å². The molecule has 21 heavy (non-hydrogen) atoms. The van der Waals surface area contributed by atoms with Crippen molar-refractivity contribution in [3.05, 3.63) is 0 Å². The summed E-state index contributed by atoms with van der Waals surface area (Å²) in [5, 5.41) is 36.6. The van der Waals surface area contributed by atoms with Crippen LogP contribution in [0, 0.1) is 0 Å². The van der Waals surface area contributed by atoms with Crippen molar-refractivity contribution in [2.75, 3.05) is 17.3 Å². The summed E-state index contributed by atoms with van der Waals surface area (Å²) >= 11 is 0. The molecular weight excluding hydrogens is 324 g/mol. The highest BCUT2D eigenvalue weighted by atomic mass is 32.2. The molecule has 0 spiro atoms. The molecule has 0 amide bonds. The summed E-state index contributed by atoms with van der Waals surface area (Å²) < 4.78 is 47.2. The molecule has 128 valence electrons. The average Bonchev–Trinajstić information content (AvgIpc) is 2.42. The van der Waals surface area contributed by atoms with E-state index in [9.17, 15) is 37.3 Å². The van der Waals surface area contributed by atoms with Crippen molar-refractivity contribution < 1.29 is 37.3 Å². The Kier molecular flexibility index (Phi) is 7.74. The summed E-state index contributed by atoms with van der Waals surface area (Å²) in [5.74, 6) is -1.60. The van der Waals surface area contributed by atoms with E-state index in [0.29, 0.717) is 0 Å². The van der Waals surface area contributed by atoms with Gasteiger partial charge in [0, 0.05) is 11.5 Å². The maximum absolute atomic E-state index is 12.0. The van der Waals surface area contributed by atoms with E-state index < -0.39 is 60.8 Å². The minimum absolute atomic E-state index is 0.315. The number of aliphatic hydroxyl groups excluding tert-OH is 4. The molecule has 0 aromatic rings. The van der Waals surface area contributed by atoms with Crippen molar-refractivity contribution in [2.45, 2.75) is 50.4 Å². The zero-order chi connectivity index (χ0) is 17.0. The zero-order valence-electron chi connectivity index (χ0n) is 12.2. The molecule has 0 aromatic heterocycles. The first-order chi connectivity index (χ1) is 9.39. The van der Waals surface area contributed by atoms with Gasteiger partial charge in [-0.2, -0.15) is 0 Å². The van der Waals surface area contributed by atoms with Crippen LogP contribution in [0.4, 0.5) is 0 Å². The second-order valence-electron chi connectivity index (χ2n) is 4.90. The van der Waals surface area contributed by atoms with Gasteiger partial charge in [-0.05, 0) is 6.92 Å². The molecule has 0 aliphatic carbocycles. The van der Waals surface area contributed by atoms with Gasteiger partial charge in [0.05, 0.1) is 11.9 Å². The van der Waals surface area contributed by atoms with Gasteiger partial charge in [0.1, 0.15) is 23.6 Å². The Morgan fingerprint density at radius 2 is 1.29 bits per heavy atom.